The van der Waals surface area contributed by atoms with E-state index in [0.29, 0.717) is 49.3 Å². The quantitative estimate of drug-likeness (QED) is 0.511. The molecule has 1 aromatic carbocycles. The molecule has 2 fully saturated rings. The van der Waals surface area contributed by atoms with E-state index in [-0.39, 0.29) is 29.6 Å². The summed E-state index contributed by atoms with van der Waals surface area (Å²) in [5, 5.41) is 11.5. The minimum atomic E-state index is -3.71. The predicted octanol–water partition coefficient (Wildman–Crippen LogP) is 1.78. The topological polar surface area (TPSA) is 129 Å². The van der Waals surface area contributed by atoms with Gasteiger partial charge in [0.05, 0.1) is 10.6 Å². The number of nitrogens with zero attached hydrogens (tertiary/aromatic N) is 6. The van der Waals surface area contributed by atoms with Gasteiger partial charge in [0.15, 0.2) is 11.6 Å². The molecule has 0 atom stereocenters. The maximum atomic E-state index is 13.1. The molecule has 11 nitrogen and oxygen atoms in total. The minimum absolute atomic E-state index is 0.124. The zero-order valence-corrected chi connectivity index (χ0v) is 19.6. The van der Waals surface area contributed by atoms with Gasteiger partial charge in [-0.1, -0.05) is 6.07 Å². The molecular weight excluding hydrogens is 470 g/mol. The number of imide groups is 1. The number of rotatable bonds is 6. The Morgan fingerprint density at radius 1 is 0.771 bits per heavy atom. The van der Waals surface area contributed by atoms with Gasteiger partial charge in [0.2, 0.25) is 21.8 Å². The number of nitrogens with one attached hydrogen (secondary N) is 1. The van der Waals surface area contributed by atoms with Crippen LogP contribution in [0.5, 0.6) is 0 Å². The lowest BCUT2D eigenvalue weighted by Crippen LogP contribution is -2.49. The first-order valence-corrected chi connectivity index (χ1v) is 12.6. The van der Waals surface area contributed by atoms with Gasteiger partial charge in [-0.2, -0.15) is 4.31 Å². The SMILES string of the molecule is O=C1CCC(=O)N1c1ccc(S(=O)(=O)N2CCN(c3ccc(Nc4ccccn4)nn3)CC2)cc1. The molecular formula is C23H23N7O4S. The van der Waals surface area contributed by atoms with Crippen LogP contribution in [0.25, 0.3) is 0 Å². The molecule has 0 unspecified atom stereocenters. The number of carbonyl (C=O) groups is 2. The van der Waals surface area contributed by atoms with E-state index >= 15 is 0 Å². The maximum absolute atomic E-state index is 13.1. The first kappa shape index (κ1) is 22.9. The highest BCUT2D eigenvalue weighted by Crippen LogP contribution is 2.26. The minimum Gasteiger partial charge on any atom is -0.352 e. The molecule has 180 valence electrons. The van der Waals surface area contributed by atoms with Crippen LogP contribution in [0.15, 0.2) is 65.7 Å². The summed E-state index contributed by atoms with van der Waals surface area (Å²) in [5.74, 6) is 1.35. The van der Waals surface area contributed by atoms with E-state index in [1.54, 1.807) is 12.3 Å². The van der Waals surface area contributed by atoms with Crippen LogP contribution in [0.4, 0.5) is 23.1 Å². The molecule has 35 heavy (non-hydrogen) atoms. The van der Waals surface area contributed by atoms with E-state index in [4.69, 9.17) is 0 Å². The van der Waals surface area contributed by atoms with Crippen LogP contribution in [0.2, 0.25) is 0 Å². The van der Waals surface area contributed by atoms with E-state index in [0.717, 1.165) is 4.90 Å². The number of pyridine rings is 1. The van der Waals surface area contributed by atoms with Crippen LogP contribution >= 0.6 is 0 Å². The molecule has 0 saturated carbocycles. The first-order chi connectivity index (χ1) is 16.9. The van der Waals surface area contributed by atoms with Crippen LogP contribution in [0.1, 0.15) is 12.8 Å². The van der Waals surface area contributed by atoms with Crippen molar-refractivity contribution in [3.05, 3.63) is 60.8 Å². The molecule has 2 aromatic heterocycles. The van der Waals surface area contributed by atoms with Gasteiger partial charge in [-0.05, 0) is 48.5 Å². The normalized spacial score (nSPS) is 17.1. The van der Waals surface area contributed by atoms with Gasteiger partial charge in [-0.3, -0.25) is 14.5 Å². The third-order valence-corrected chi connectivity index (χ3v) is 7.83. The van der Waals surface area contributed by atoms with Crippen molar-refractivity contribution in [2.45, 2.75) is 17.7 Å². The van der Waals surface area contributed by atoms with Crippen LogP contribution in [-0.4, -0.2) is 65.9 Å². The number of anilines is 4. The average Bonchev–Trinajstić information content (AvgIpc) is 3.23. The lowest BCUT2D eigenvalue weighted by Gasteiger charge is -2.34. The lowest BCUT2D eigenvalue weighted by atomic mass is 10.3. The zero-order chi connectivity index (χ0) is 24.4. The molecule has 2 aliphatic rings. The number of benzene rings is 1. The van der Waals surface area contributed by atoms with Crippen LogP contribution in [0, 0.1) is 0 Å². The number of sulfonamides is 1. The van der Waals surface area contributed by atoms with Crippen molar-refractivity contribution in [3.63, 3.8) is 0 Å². The molecule has 5 rings (SSSR count). The Hall–Kier alpha value is -3.90. The number of amides is 2. The van der Waals surface area contributed by atoms with Gasteiger partial charge in [0.1, 0.15) is 5.82 Å². The van der Waals surface area contributed by atoms with Gasteiger partial charge < -0.3 is 10.2 Å². The highest BCUT2D eigenvalue weighted by atomic mass is 32.2. The number of carbonyl (C=O) groups excluding carboxylic acids is 2. The van der Waals surface area contributed by atoms with E-state index in [2.05, 4.69) is 20.5 Å². The number of hydrogen-bond acceptors (Lipinski definition) is 9. The molecule has 0 bridgehead atoms. The van der Waals surface area contributed by atoms with E-state index in [1.165, 1.54) is 28.6 Å². The van der Waals surface area contributed by atoms with Crippen molar-refractivity contribution in [2.75, 3.05) is 41.3 Å². The summed E-state index contributed by atoms with van der Waals surface area (Å²) in [5.41, 5.74) is 0.390. The molecule has 2 saturated heterocycles. The Bertz CT molecular complexity index is 1310. The average molecular weight is 494 g/mol. The fourth-order valence-electron chi connectivity index (χ4n) is 4.07. The summed E-state index contributed by atoms with van der Waals surface area (Å²) >= 11 is 0. The van der Waals surface area contributed by atoms with Gasteiger partial charge in [-0.25, -0.2) is 13.4 Å². The Kier molecular flexibility index (Phi) is 6.14. The van der Waals surface area contributed by atoms with Crippen molar-refractivity contribution >= 4 is 45.0 Å². The standard InChI is InChI=1S/C23H23N7O4S/c31-22-10-11-23(32)30(22)17-4-6-18(7-5-17)35(33,34)29-15-13-28(14-16-29)21-9-8-20(26-27-21)25-19-3-1-2-12-24-19/h1-9,12H,10-11,13-16H2,(H,24,25,26). The number of aromatic nitrogens is 3. The second-order valence-electron chi connectivity index (χ2n) is 8.12. The highest BCUT2D eigenvalue weighted by Gasteiger charge is 2.32. The van der Waals surface area contributed by atoms with E-state index in [9.17, 15) is 18.0 Å². The summed E-state index contributed by atoms with van der Waals surface area (Å²) < 4.78 is 27.7. The van der Waals surface area contributed by atoms with Crippen molar-refractivity contribution < 1.29 is 18.0 Å². The lowest BCUT2D eigenvalue weighted by molar-refractivity contribution is -0.121. The summed E-state index contributed by atoms with van der Waals surface area (Å²) in [6.07, 6.45) is 2.04. The second-order valence-corrected chi connectivity index (χ2v) is 10.1. The van der Waals surface area contributed by atoms with Crippen molar-refractivity contribution in [1.82, 2.24) is 19.5 Å². The van der Waals surface area contributed by atoms with Gasteiger partial charge in [0, 0.05) is 45.2 Å². The summed E-state index contributed by atoms with van der Waals surface area (Å²) in [6.45, 7) is 1.52. The van der Waals surface area contributed by atoms with Gasteiger partial charge in [0.25, 0.3) is 0 Å². The van der Waals surface area contributed by atoms with E-state index in [1.807, 2.05) is 29.2 Å². The van der Waals surface area contributed by atoms with Crippen molar-refractivity contribution in [3.8, 4) is 0 Å². The Labute approximate surface area is 202 Å². The molecule has 0 spiro atoms. The maximum Gasteiger partial charge on any atom is 0.243 e. The molecule has 2 aliphatic heterocycles. The largest absolute Gasteiger partial charge is 0.352 e. The third-order valence-electron chi connectivity index (χ3n) is 5.92. The van der Waals surface area contributed by atoms with Crippen molar-refractivity contribution in [1.29, 1.82) is 0 Å². The summed E-state index contributed by atoms with van der Waals surface area (Å²) in [4.78, 5) is 31.2. The molecule has 12 heteroatoms. The molecule has 0 aliphatic carbocycles. The zero-order valence-electron chi connectivity index (χ0n) is 18.7. The van der Waals surface area contributed by atoms with Crippen LogP contribution in [0.3, 0.4) is 0 Å². The first-order valence-electron chi connectivity index (χ1n) is 11.1. The molecule has 2 amide bonds. The third kappa shape index (κ3) is 4.70. The molecule has 1 N–H and O–H groups in total. The van der Waals surface area contributed by atoms with Gasteiger partial charge in [-0.15, -0.1) is 10.2 Å². The number of hydrogen-bond donors (Lipinski definition) is 1. The fraction of sp³-hybridized carbons (Fsp3) is 0.261. The summed E-state index contributed by atoms with van der Waals surface area (Å²) in [6, 6.07) is 15.0. The van der Waals surface area contributed by atoms with Crippen molar-refractivity contribution in [2.24, 2.45) is 0 Å². The Balaban J connectivity index is 1.21. The second kappa shape index (κ2) is 9.39. The number of piperazine rings is 1. The molecule has 4 heterocycles. The fourth-order valence-corrected chi connectivity index (χ4v) is 5.49. The van der Waals surface area contributed by atoms with Crippen LogP contribution < -0.4 is 15.1 Å². The predicted molar refractivity (Wildman–Crippen MR) is 129 cm³/mol. The highest BCUT2D eigenvalue weighted by molar-refractivity contribution is 7.89. The Morgan fingerprint density at radius 3 is 2.09 bits per heavy atom. The van der Waals surface area contributed by atoms with Gasteiger partial charge >= 0.3 is 0 Å². The van der Waals surface area contributed by atoms with Crippen LogP contribution in [-0.2, 0) is 19.6 Å². The monoisotopic (exact) mass is 493 g/mol. The molecule has 3 aromatic rings. The smallest absolute Gasteiger partial charge is 0.243 e. The van der Waals surface area contributed by atoms with E-state index < -0.39 is 10.0 Å². The summed E-state index contributed by atoms with van der Waals surface area (Å²) in [7, 11) is -3.71. The Morgan fingerprint density at radius 2 is 1.49 bits per heavy atom. The molecule has 0 radical (unpaired) electrons.